The Morgan fingerprint density at radius 3 is 2.28 bits per heavy atom. The van der Waals surface area contributed by atoms with Crippen molar-refractivity contribution in [3.05, 3.63) is 41.2 Å². The zero-order valence-corrected chi connectivity index (χ0v) is 13.8. The van der Waals surface area contributed by atoms with Gasteiger partial charge in [0.05, 0.1) is 11.3 Å². The second kappa shape index (κ2) is 6.96. The number of anilines is 1. The molecule has 0 radical (unpaired) electrons. The number of Topliss-reactive ketones (excluding diaryl/α,β-unsaturated/α-hetero) is 1. The van der Waals surface area contributed by atoms with E-state index in [2.05, 4.69) is 15.2 Å². The van der Waals surface area contributed by atoms with Crippen molar-refractivity contribution in [2.75, 3.05) is 11.9 Å². The van der Waals surface area contributed by atoms with Gasteiger partial charge in [-0.25, -0.2) is 0 Å². The Hall–Kier alpha value is -2.84. The monoisotopic (exact) mass is 355 g/mol. The average molecular weight is 355 g/mol. The maximum absolute atomic E-state index is 12.3. The Labute approximate surface area is 141 Å². The van der Waals surface area contributed by atoms with Crippen LogP contribution in [0.1, 0.15) is 21.7 Å². The summed E-state index contributed by atoms with van der Waals surface area (Å²) in [4.78, 5) is 24.4. The van der Waals surface area contributed by atoms with E-state index >= 15 is 0 Å². The van der Waals surface area contributed by atoms with Gasteiger partial charge in [0.1, 0.15) is 5.75 Å². The molecule has 0 spiro atoms. The standard InChI is InChI=1S/C16H16F3N3O3/c1-9-13(10(2)22(3)21-9)14(23)15(24)20-11-4-6-12(7-5-11)25-8-16(17,18)19/h4-7H,8H2,1-3H3,(H,20,24). The van der Waals surface area contributed by atoms with Crippen molar-refractivity contribution in [3.8, 4) is 5.75 Å². The molecule has 9 heteroatoms. The molecule has 0 aliphatic heterocycles. The maximum atomic E-state index is 12.3. The van der Waals surface area contributed by atoms with Gasteiger partial charge in [0.2, 0.25) is 0 Å². The van der Waals surface area contributed by atoms with Crippen molar-refractivity contribution in [1.82, 2.24) is 9.78 Å². The third kappa shape index (κ3) is 4.59. The SMILES string of the molecule is Cc1nn(C)c(C)c1C(=O)C(=O)Nc1ccc(OCC(F)(F)F)cc1. The van der Waals surface area contributed by atoms with Crippen LogP contribution in [0.3, 0.4) is 0 Å². The number of ketones is 1. The number of alkyl halides is 3. The molecule has 0 atom stereocenters. The number of hydrogen-bond donors (Lipinski definition) is 1. The number of nitrogens with zero attached hydrogens (tertiary/aromatic N) is 2. The predicted octanol–water partition coefficient (Wildman–Crippen LogP) is 2.80. The molecule has 1 amide bonds. The number of carbonyl (C=O) groups excluding carboxylic acids is 2. The number of aryl methyl sites for hydroxylation is 2. The van der Waals surface area contributed by atoms with E-state index in [1.807, 2.05) is 0 Å². The summed E-state index contributed by atoms with van der Waals surface area (Å²) in [6.45, 7) is 1.89. The first-order valence-corrected chi connectivity index (χ1v) is 7.24. The number of ether oxygens (including phenoxy) is 1. The predicted molar refractivity (Wildman–Crippen MR) is 83.6 cm³/mol. The molecule has 0 aliphatic rings. The maximum Gasteiger partial charge on any atom is 0.422 e. The molecule has 0 aliphatic carbocycles. The Morgan fingerprint density at radius 1 is 1.20 bits per heavy atom. The van der Waals surface area contributed by atoms with E-state index in [4.69, 9.17) is 0 Å². The smallest absolute Gasteiger partial charge is 0.422 e. The molecule has 1 aromatic carbocycles. The number of nitrogens with one attached hydrogen (secondary N) is 1. The highest BCUT2D eigenvalue weighted by Gasteiger charge is 2.28. The molecule has 2 aromatic rings. The summed E-state index contributed by atoms with van der Waals surface area (Å²) in [5.41, 5.74) is 1.49. The minimum absolute atomic E-state index is 0.000554. The molecule has 1 N–H and O–H groups in total. The lowest BCUT2D eigenvalue weighted by Gasteiger charge is -2.10. The zero-order chi connectivity index (χ0) is 18.8. The van der Waals surface area contributed by atoms with E-state index in [9.17, 15) is 22.8 Å². The Balaban J connectivity index is 2.04. The van der Waals surface area contributed by atoms with Gasteiger partial charge in [-0.15, -0.1) is 0 Å². The van der Waals surface area contributed by atoms with Crippen LogP contribution in [0.5, 0.6) is 5.75 Å². The van der Waals surface area contributed by atoms with Crippen molar-refractivity contribution >= 4 is 17.4 Å². The molecule has 6 nitrogen and oxygen atoms in total. The summed E-state index contributed by atoms with van der Waals surface area (Å²) in [6.07, 6.45) is -4.43. The van der Waals surface area contributed by atoms with Gasteiger partial charge in [0.15, 0.2) is 6.61 Å². The number of aromatic nitrogens is 2. The Bertz CT molecular complexity index is 795. The highest BCUT2D eigenvalue weighted by Crippen LogP contribution is 2.21. The highest BCUT2D eigenvalue weighted by atomic mass is 19.4. The van der Waals surface area contributed by atoms with E-state index in [-0.39, 0.29) is 17.0 Å². The van der Waals surface area contributed by atoms with Gasteiger partial charge in [-0.3, -0.25) is 14.3 Å². The topological polar surface area (TPSA) is 73.2 Å². The molecule has 1 heterocycles. The normalized spacial score (nSPS) is 11.3. The minimum Gasteiger partial charge on any atom is -0.484 e. The van der Waals surface area contributed by atoms with Gasteiger partial charge >= 0.3 is 6.18 Å². The lowest BCUT2D eigenvalue weighted by Crippen LogP contribution is -2.24. The van der Waals surface area contributed by atoms with Crippen molar-refractivity contribution in [2.24, 2.45) is 7.05 Å². The largest absolute Gasteiger partial charge is 0.484 e. The molecule has 0 fully saturated rings. The molecular formula is C16H16F3N3O3. The Morgan fingerprint density at radius 2 is 1.80 bits per heavy atom. The van der Waals surface area contributed by atoms with Crippen molar-refractivity contribution in [3.63, 3.8) is 0 Å². The summed E-state index contributed by atoms with van der Waals surface area (Å²) in [5.74, 6) is -1.59. The van der Waals surface area contributed by atoms with E-state index in [0.29, 0.717) is 11.4 Å². The fourth-order valence-electron chi connectivity index (χ4n) is 2.20. The van der Waals surface area contributed by atoms with Gasteiger partial charge in [0, 0.05) is 18.4 Å². The quantitative estimate of drug-likeness (QED) is 0.661. The second-order valence-corrected chi connectivity index (χ2v) is 5.38. The third-order valence-electron chi connectivity index (χ3n) is 3.46. The van der Waals surface area contributed by atoms with Gasteiger partial charge in [-0.1, -0.05) is 0 Å². The first kappa shape index (κ1) is 18.5. The Kier molecular flexibility index (Phi) is 5.15. The average Bonchev–Trinajstić information content (AvgIpc) is 2.78. The summed E-state index contributed by atoms with van der Waals surface area (Å²) >= 11 is 0. The van der Waals surface area contributed by atoms with Gasteiger partial charge in [0.25, 0.3) is 11.7 Å². The van der Waals surface area contributed by atoms with Crippen LogP contribution in [0.25, 0.3) is 0 Å². The van der Waals surface area contributed by atoms with Crippen LogP contribution in [0.2, 0.25) is 0 Å². The van der Waals surface area contributed by atoms with E-state index in [0.717, 1.165) is 0 Å². The fourth-order valence-corrected chi connectivity index (χ4v) is 2.20. The summed E-state index contributed by atoms with van der Waals surface area (Å²) in [5, 5.41) is 6.48. The number of hydrogen-bond acceptors (Lipinski definition) is 4. The lowest BCUT2D eigenvalue weighted by atomic mass is 10.1. The van der Waals surface area contributed by atoms with Crippen molar-refractivity contribution < 1.29 is 27.5 Å². The molecular weight excluding hydrogens is 339 g/mol. The zero-order valence-electron chi connectivity index (χ0n) is 13.8. The number of halogens is 3. The molecule has 0 saturated heterocycles. The molecule has 1 aromatic heterocycles. The van der Waals surface area contributed by atoms with Gasteiger partial charge < -0.3 is 10.1 Å². The number of carbonyl (C=O) groups is 2. The van der Waals surface area contributed by atoms with Crippen LogP contribution < -0.4 is 10.1 Å². The lowest BCUT2D eigenvalue weighted by molar-refractivity contribution is -0.153. The molecule has 0 saturated carbocycles. The third-order valence-corrected chi connectivity index (χ3v) is 3.46. The van der Waals surface area contributed by atoms with Gasteiger partial charge in [-0.2, -0.15) is 18.3 Å². The highest BCUT2D eigenvalue weighted by molar-refractivity contribution is 6.47. The van der Waals surface area contributed by atoms with Crippen LogP contribution in [0.15, 0.2) is 24.3 Å². The first-order chi connectivity index (χ1) is 11.6. The van der Waals surface area contributed by atoms with Gasteiger partial charge in [-0.05, 0) is 38.1 Å². The molecule has 25 heavy (non-hydrogen) atoms. The summed E-state index contributed by atoms with van der Waals surface area (Å²) in [7, 11) is 1.66. The molecule has 0 bridgehead atoms. The van der Waals surface area contributed by atoms with Crippen LogP contribution >= 0.6 is 0 Å². The minimum atomic E-state index is -4.43. The van der Waals surface area contributed by atoms with Crippen LogP contribution in [0.4, 0.5) is 18.9 Å². The molecule has 2 rings (SSSR count). The van der Waals surface area contributed by atoms with E-state index < -0.39 is 24.5 Å². The van der Waals surface area contributed by atoms with Crippen LogP contribution in [-0.2, 0) is 11.8 Å². The van der Waals surface area contributed by atoms with Crippen LogP contribution in [0, 0.1) is 13.8 Å². The molecule has 0 unspecified atom stereocenters. The second-order valence-electron chi connectivity index (χ2n) is 5.38. The van der Waals surface area contributed by atoms with E-state index in [1.165, 1.54) is 28.9 Å². The number of amides is 1. The molecule has 134 valence electrons. The van der Waals surface area contributed by atoms with Crippen molar-refractivity contribution in [2.45, 2.75) is 20.0 Å². The number of rotatable bonds is 5. The summed E-state index contributed by atoms with van der Waals surface area (Å²) in [6, 6.07) is 5.23. The summed E-state index contributed by atoms with van der Waals surface area (Å²) < 4.78 is 42.3. The number of benzene rings is 1. The van der Waals surface area contributed by atoms with Crippen molar-refractivity contribution in [1.29, 1.82) is 0 Å². The van der Waals surface area contributed by atoms with Crippen LogP contribution in [-0.4, -0.2) is 34.3 Å². The fraction of sp³-hybridized carbons (Fsp3) is 0.312. The first-order valence-electron chi connectivity index (χ1n) is 7.24. The van der Waals surface area contributed by atoms with E-state index in [1.54, 1.807) is 20.9 Å².